The predicted octanol–water partition coefficient (Wildman–Crippen LogP) is 2.16. The molecule has 0 spiro atoms. The summed E-state index contributed by atoms with van der Waals surface area (Å²) in [4.78, 5) is 4.27. The van der Waals surface area contributed by atoms with Crippen LogP contribution >= 0.6 is 0 Å². The molecule has 3 N–H and O–H groups in total. The van der Waals surface area contributed by atoms with Crippen molar-refractivity contribution in [1.82, 2.24) is 10.6 Å². The molecule has 1 atom stereocenters. The summed E-state index contributed by atoms with van der Waals surface area (Å²) in [5.41, 5.74) is -0.735. The Morgan fingerprint density at radius 2 is 2.00 bits per heavy atom. The van der Waals surface area contributed by atoms with Crippen molar-refractivity contribution in [3.63, 3.8) is 0 Å². The fraction of sp³-hybridized carbons (Fsp3) is 0.562. The molecule has 8 heteroatoms. The number of guanidine groups is 1. The standard InChI is InChI=1S/C16H22F3N3O2/c1-2-20-15(22-12-5-6-12)21-9-13(23)10-24-14-7-3-11(4-8-14)16(17,18)19/h3-4,7-8,12-13,23H,2,5-6,9-10H2,1H3,(H2,20,21,22). The number of hydrogen-bond donors (Lipinski definition) is 3. The normalized spacial score (nSPS) is 16.6. The highest BCUT2D eigenvalue weighted by atomic mass is 19.4. The van der Waals surface area contributed by atoms with Gasteiger partial charge in [-0.05, 0) is 44.0 Å². The van der Waals surface area contributed by atoms with Gasteiger partial charge in [0.25, 0.3) is 0 Å². The molecule has 0 aromatic heterocycles. The van der Waals surface area contributed by atoms with Gasteiger partial charge in [-0.2, -0.15) is 13.2 Å². The zero-order valence-corrected chi connectivity index (χ0v) is 13.4. The molecular weight excluding hydrogens is 323 g/mol. The minimum absolute atomic E-state index is 0.0440. The SMILES string of the molecule is CCNC(=NCC(O)COc1ccc(C(F)(F)F)cc1)NC1CC1. The first kappa shape index (κ1) is 18.4. The van der Waals surface area contributed by atoms with Crippen LogP contribution in [0.3, 0.4) is 0 Å². The van der Waals surface area contributed by atoms with Gasteiger partial charge in [-0.15, -0.1) is 0 Å². The molecule has 1 aromatic carbocycles. The number of benzene rings is 1. The number of nitrogens with one attached hydrogen (secondary N) is 2. The van der Waals surface area contributed by atoms with Gasteiger partial charge in [-0.3, -0.25) is 4.99 Å². The Kier molecular flexibility index (Phi) is 6.30. The Bertz CT molecular complexity index is 542. The number of nitrogens with zero attached hydrogens (tertiary/aromatic N) is 1. The van der Waals surface area contributed by atoms with Crippen molar-refractivity contribution in [3.05, 3.63) is 29.8 Å². The molecule has 5 nitrogen and oxygen atoms in total. The Hall–Kier alpha value is -1.96. The van der Waals surface area contributed by atoms with Crippen LogP contribution in [0.25, 0.3) is 0 Å². The zero-order valence-electron chi connectivity index (χ0n) is 13.4. The monoisotopic (exact) mass is 345 g/mol. The number of aliphatic hydroxyl groups excluding tert-OH is 1. The van der Waals surface area contributed by atoms with Crippen molar-refractivity contribution in [2.75, 3.05) is 19.7 Å². The molecule has 134 valence electrons. The minimum atomic E-state index is -4.37. The third-order valence-electron chi connectivity index (χ3n) is 3.35. The van der Waals surface area contributed by atoms with Crippen molar-refractivity contribution in [3.8, 4) is 5.75 Å². The van der Waals surface area contributed by atoms with Crippen LogP contribution in [0, 0.1) is 0 Å². The Morgan fingerprint density at radius 1 is 1.33 bits per heavy atom. The van der Waals surface area contributed by atoms with E-state index in [1.54, 1.807) is 0 Å². The van der Waals surface area contributed by atoms with E-state index < -0.39 is 17.8 Å². The molecule has 24 heavy (non-hydrogen) atoms. The molecule has 1 unspecified atom stereocenters. The molecule has 2 rings (SSSR count). The van der Waals surface area contributed by atoms with Gasteiger partial charge in [0, 0.05) is 12.6 Å². The second kappa shape index (κ2) is 8.23. The Balaban J connectivity index is 1.78. The number of hydrogen-bond acceptors (Lipinski definition) is 3. The van der Waals surface area contributed by atoms with Gasteiger partial charge in [0.2, 0.25) is 0 Å². The second-order valence-corrected chi connectivity index (χ2v) is 5.63. The molecule has 1 saturated carbocycles. The third-order valence-corrected chi connectivity index (χ3v) is 3.35. The number of rotatable bonds is 7. The summed E-state index contributed by atoms with van der Waals surface area (Å²) >= 11 is 0. The lowest BCUT2D eigenvalue weighted by atomic mass is 10.2. The van der Waals surface area contributed by atoms with E-state index in [0.29, 0.717) is 12.0 Å². The number of alkyl halides is 3. The first-order valence-electron chi connectivity index (χ1n) is 7.91. The van der Waals surface area contributed by atoms with Crippen LogP contribution in [0.5, 0.6) is 5.75 Å². The van der Waals surface area contributed by atoms with Crippen molar-refractivity contribution in [2.24, 2.45) is 4.99 Å². The molecule has 0 radical (unpaired) electrons. The molecule has 0 heterocycles. The average molecular weight is 345 g/mol. The highest BCUT2D eigenvalue weighted by Crippen LogP contribution is 2.30. The van der Waals surface area contributed by atoms with E-state index in [-0.39, 0.29) is 18.9 Å². The van der Waals surface area contributed by atoms with Gasteiger partial charge in [0.05, 0.1) is 12.1 Å². The van der Waals surface area contributed by atoms with Crippen LogP contribution in [0.2, 0.25) is 0 Å². The molecule has 0 bridgehead atoms. The molecule has 1 aliphatic rings. The summed E-state index contributed by atoms with van der Waals surface area (Å²) in [6.45, 7) is 2.77. The maximum Gasteiger partial charge on any atom is 0.416 e. The van der Waals surface area contributed by atoms with E-state index in [4.69, 9.17) is 4.74 Å². The molecule has 1 aromatic rings. The lowest BCUT2D eigenvalue weighted by Gasteiger charge is -2.14. The lowest BCUT2D eigenvalue weighted by Crippen LogP contribution is -2.39. The van der Waals surface area contributed by atoms with Crippen molar-refractivity contribution >= 4 is 5.96 Å². The largest absolute Gasteiger partial charge is 0.491 e. The summed E-state index contributed by atoms with van der Waals surface area (Å²) in [6, 6.07) is 4.81. The van der Waals surface area contributed by atoms with Crippen LogP contribution in [0.4, 0.5) is 13.2 Å². The van der Waals surface area contributed by atoms with Crippen LogP contribution in [-0.4, -0.2) is 42.9 Å². The van der Waals surface area contributed by atoms with Gasteiger partial charge >= 0.3 is 6.18 Å². The molecule has 0 amide bonds. The van der Waals surface area contributed by atoms with Gasteiger partial charge in [0.1, 0.15) is 18.5 Å². The van der Waals surface area contributed by atoms with Crippen LogP contribution in [0.15, 0.2) is 29.3 Å². The maximum atomic E-state index is 12.5. The topological polar surface area (TPSA) is 65.9 Å². The number of ether oxygens (including phenoxy) is 1. The van der Waals surface area contributed by atoms with Crippen molar-refractivity contribution < 1.29 is 23.0 Å². The van der Waals surface area contributed by atoms with E-state index in [2.05, 4.69) is 15.6 Å². The third kappa shape index (κ3) is 6.27. The molecule has 1 fully saturated rings. The van der Waals surface area contributed by atoms with Crippen LogP contribution < -0.4 is 15.4 Å². The quantitative estimate of drug-likeness (QED) is 0.523. The minimum Gasteiger partial charge on any atom is -0.491 e. The van der Waals surface area contributed by atoms with E-state index in [1.807, 2.05) is 6.92 Å². The van der Waals surface area contributed by atoms with Gasteiger partial charge in [0.15, 0.2) is 5.96 Å². The lowest BCUT2D eigenvalue weighted by molar-refractivity contribution is -0.137. The van der Waals surface area contributed by atoms with E-state index in [1.165, 1.54) is 12.1 Å². The summed E-state index contributed by atoms with van der Waals surface area (Å²) in [5, 5.41) is 16.2. The predicted molar refractivity (Wildman–Crippen MR) is 85.1 cm³/mol. The van der Waals surface area contributed by atoms with Crippen LogP contribution in [-0.2, 0) is 6.18 Å². The zero-order chi connectivity index (χ0) is 17.6. The number of aliphatic imine (C=N–C) groups is 1. The highest BCUT2D eigenvalue weighted by molar-refractivity contribution is 5.80. The van der Waals surface area contributed by atoms with Crippen molar-refractivity contribution in [1.29, 1.82) is 0 Å². The smallest absolute Gasteiger partial charge is 0.416 e. The highest BCUT2D eigenvalue weighted by Gasteiger charge is 2.30. The van der Waals surface area contributed by atoms with E-state index >= 15 is 0 Å². The Labute approximate surface area is 138 Å². The summed E-state index contributed by atoms with van der Waals surface area (Å²) in [5.74, 6) is 0.919. The molecule has 0 aliphatic heterocycles. The Morgan fingerprint density at radius 3 is 2.54 bits per heavy atom. The first-order chi connectivity index (χ1) is 11.4. The summed E-state index contributed by atoms with van der Waals surface area (Å²) in [7, 11) is 0. The molecule has 1 aliphatic carbocycles. The second-order valence-electron chi connectivity index (χ2n) is 5.63. The molecule has 0 saturated heterocycles. The van der Waals surface area contributed by atoms with Gasteiger partial charge in [-0.1, -0.05) is 0 Å². The first-order valence-corrected chi connectivity index (χ1v) is 7.91. The number of aliphatic hydroxyl groups is 1. The summed E-state index contributed by atoms with van der Waals surface area (Å²) in [6.07, 6.45) is -2.99. The fourth-order valence-electron chi connectivity index (χ4n) is 1.92. The van der Waals surface area contributed by atoms with E-state index in [0.717, 1.165) is 31.5 Å². The van der Waals surface area contributed by atoms with Crippen LogP contribution in [0.1, 0.15) is 25.3 Å². The summed E-state index contributed by atoms with van der Waals surface area (Å²) < 4.78 is 42.7. The average Bonchev–Trinajstić information content (AvgIpc) is 3.34. The van der Waals surface area contributed by atoms with Crippen molar-refractivity contribution in [2.45, 2.75) is 38.1 Å². The number of halogens is 3. The van der Waals surface area contributed by atoms with Gasteiger partial charge < -0.3 is 20.5 Å². The van der Waals surface area contributed by atoms with Gasteiger partial charge in [-0.25, -0.2) is 0 Å². The maximum absolute atomic E-state index is 12.5. The fourth-order valence-corrected chi connectivity index (χ4v) is 1.92. The van der Waals surface area contributed by atoms with E-state index in [9.17, 15) is 18.3 Å². The molecular formula is C16H22F3N3O2.